The summed E-state index contributed by atoms with van der Waals surface area (Å²) in [5.74, 6) is 0. The summed E-state index contributed by atoms with van der Waals surface area (Å²) in [6, 6.07) is 0. The van der Waals surface area contributed by atoms with E-state index in [1.807, 2.05) is 14.7 Å². The average Bonchev–Trinajstić information content (AvgIpc) is 2.85. The second-order valence-corrected chi connectivity index (χ2v) is 8.45. The van der Waals surface area contributed by atoms with E-state index in [0.717, 1.165) is 0 Å². The van der Waals surface area contributed by atoms with Crippen molar-refractivity contribution in [3.8, 4) is 0 Å². The molecule has 1 heterocycles. The lowest BCUT2D eigenvalue weighted by Crippen LogP contribution is -2.52. The van der Waals surface area contributed by atoms with Crippen molar-refractivity contribution in [2.75, 3.05) is 98.5 Å². The van der Waals surface area contributed by atoms with Gasteiger partial charge in [-0.1, -0.05) is 0 Å². The molecule has 1 fully saturated rings. The van der Waals surface area contributed by atoms with Gasteiger partial charge >= 0.3 is 0 Å². The molecule has 1 aliphatic heterocycles. The number of aliphatic hydroxyl groups is 9. The van der Waals surface area contributed by atoms with Crippen LogP contribution >= 0.6 is 0 Å². The van der Waals surface area contributed by atoms with Crippen LogP contribution in [0, 0.1) is 0 Å². The Labute approximate surface area is 176 Å². The molecule has 0 radical (unpaired) electrons. The van der Waals surface area contributed by atoms with Gasteiger partial charge in [0.2, 0.25) is 0 Å². The molecule has 180 valence electrons. The number of hydrogen-bond donors (Lipinski definition) is 9. The minimum Gasteiger partial charge on any atom is -0.393 e. The third-order valence-electron chi connectivity index (χ3n) is 5.52. The fourth-order valence-corrected chi connectivity index (χ4v) is 3.36. The van der Waals surface area contributed by atoms with E-state index in [-0.39, 0.29) is 19.6 Å². The summed E-state index contributed by atoms with van der Waals surface area (Å²) in [6.45, 7) is -1.36. The highest BCUT2D eigenvalue weighted by Gasteiger charge is 2.33. The predicted molar refractivity (Wildman–Crippen MR) is 107 cm³/mol. The second-order valence-electron chi connectivity index (χ2n) is 8.45. The van der Waals surface area contributed by atoms with E-state index in [2.05, 4.69) is 0 Å². The fourth-order valence-electron chi connectivity index (χ4n) is 3.36. The van der Waals surface area contributed by atoms with Gasteiger partial charge in [-0.05, 0) is 0 Å². The molecule has 0 aliphatic carbocycles. The number of nitrogens with zero attached hydrogens (tertiary/aromatic N) is 3. The Bertz CT molecular complexity index is 395. The third-order valence-corrected chi connectivity index (χ3v) is 5.52. The fraction of sp³-hybridized carbons (Fsp3) is 1.00. The van der Waals surface area contributed by atoms with Gasteiger partial charge in [-0.25, -0.2) is 0 Å². The Morgan fingerprint density at radius 3 is 0.700 bits per heavy atom. The molecular weight excluding hydrogens is 402 g/mol. The Hall–Kier alpha value is -0.480. The van der Waals surface area contributed by atoms with Gasteiger partial charge in [-0.15, -0.1) is 0 Å². The molecule has 0 spiro atoms. The molecule has 0 amide bonds. The van der Waals surface area contributed by atoms with Crippen LogP contribution in [0.1, 0.15) is 0 Å². The highest BCUT2D eigenvalue weighted by atomic mass is 16.4. The molecule has 0 aromatic heterocycles. The Morgan fingerprint density at radius 2 is 0.567 bits per heavy atom. The largest absolute Gasteiger partial charge is 0.393 e. The smallest absolute Gasteiger partial charge is 0.123 e. The molecule has 0 bridgehead atoms. The van der Waals surface area contributed by atoms with Crippen molar-refractivity contribution >= 4 is 0 Å². The standard InChI is InChI=1S/C18H39N3O9/c22-10-16(28,11-23)7-19-1-2-20(8-17(29,12-24)13-25)5-6-21(4-3-19)9-18(30,14-26)15-27/h22-30H,1-15H2. The van der Waals surface area contributed by atoms with Crippen LogP contribution in [0.4, 0.5) is 0 Å². The molecule has 12 heteroatoms. The summed E-state index contributed by atoms with van der Waals surface area (Å²) in [6.07, 6.45) is 0. The number of rotatable bonds is 12. The maximum Gasteiger partial charge on any atom is 0.123 e. The molecular formula is C18H39N3O9. The molecule has 0 unspecified atom stereocenters. The van der Waals surface area contributed by atoms with Crippen LogP contribution in [0.3, 0.4) is 0 Å². The van der Waals surface area contributed by atoms with E-state index >= 15 is 0 Å². The summed E-state index contributed by atoms with van der Waals surface area (Å²) < 4.78 is 0. The number of β-amino-alcohol motifs (C(OH)–C–C–N with tert-alkyl or cyclic N) is 3. The van der Waals surface area contributed by atoms with Gasteiger partial charge in [-0.3, -0.25) is 14.7 Å². The molecule has 0 saturated carbocycles. The molecule has 0 aromatic carbocycles. The maximum atomic E-state index is 10.3. The van der Waals surface area contributed by atoms with Gasteiger partial charge in [0.1, 0.15) is 16.8 Å². The van der Waals surface area contributed by atoms with Crippen LogP contribution in [-0.2, 0) is 0 Å². The van der Waals surface area contributed by atoms with E-state index in [4.69, 9.17) is 0 Å². The summed E-state index contributed by atoms with van der Waals surface area (Å²) >= 11 is 0. The topological polar surface area (TPSA) is 192 Å². The zero-order valence-electron chi connectivity index (χ0n) is 17.5. The van der Waals surface area contributed by atoms with E-state index in [1.54, 1.807) is 0 Å². The van der Waals surface area contributed by atoms with Crippen molar-refractivity contribution in [3.05, 3.63) is 0 Å². The lowest BCUT2D eigenvalue weighted by molar-refractivity contribution is -0.0810. The molecule has 30 heavy (non-hydrogen) atoms. The molecule has 1 saturated heterocycles. The minimum absolute atomic E-state index is 0.0176. The first kappa shape index (κ1) is 27.6. The highest BCUT2D eigenvalue weighted by molar-refractivity contribution is 4.87. The van der Waals surface area contributed by atoms with E-state index in [0.29, 0.717) is 39.3 Å². The van der Waals surface area contributed by atoms with E-state index in [1.165, 1.54) is 0 Å². The molecule has 0 atom stereocenters. The molecule has 0 aromatic rings. The van der Waals surface area contributed by atoms with Crippen molar-refractivity contribution in [3.63, 3.8) is 0 Å². The molecule has 1 aliphatic rings. The Kier molecular flexibility index (Phi) is 11.5. The van der Waals surface area contributed by atoms with Crippen LogP contribution in [0.5, 0.6) is 0 Å². The van der Waals surface area contributed by atoms with E-state index in [9.17, 15) is 46.0 Å². The predicted octanol–water partition coefficient (Wildman–Crippen LogP) is -5.95. The monoisotopic (exact) mass is 441 g/mol. The quantitative estimate of drug-likeness (QED) is 0.139. The van der Waals surface area contributed by atoms with Crippen molar-refractivity contribution in [1.29, 1.82) is 0 Å². The average molecular weight is 442 g/mol. The maximum absolute atomic E-state index is 10.3. The summed E-state index contributed by atoms with van der Waals surface area (Å²) in [4.78, 5) is 5.43. The molecule has 1 rings (SSSR count). The number of aliphatic hydroxyl groups excluding tert-OH is 6. The van der Waals surface area contributed by atoms with Crippen molar-refractivity contribution in [1.82, 2.24) is 14.7 Å². The van der Waals surface area contributed by atoms with Gasteiger partial charge < -0.3 is 46.0 Å². The van der Waals surface area contributed by atoms with Gasteiger partial charge in [0.15, 0.2) is 0 Å². The Morgan fingerprint density at radius 1 is 0.400 bits per heavy atom. The van der Waals surface area contributed by atoms with Crippen LogP contribution in [0.25, 0.3) is 0 Å². The lowest BCUT2D eigenvalue weighted by Gasteiger charge is -2.34. The summed E-state index contributed by atoms with van der Waals surface area (Å²) in [5.41, 5.74) is -5.09. The summed E-state index contributed by atoms with van der Waals surface area (Å²) in [5, 5.41) is 87.3. The van der Waals surface area contributed by atoms with Crippen molar-refractivity contribution in [2.24, 2.45) is 0 Å². The minimum atomic E-state index is -1.70. The normalized spacial score (nSPS) is 19.5. The van der Waals surface area contributed by atoms with Crippen LogP contribution in [0.2, 0.25) is 0 Å². The van der Waals surface area contributed by atoms with Gasteiger partial charge in [0.25, 0.3) is 0 Å². The van der Waals surface area contributed by atoms with Crippen LogP contribution in [0.15, 0.2) is 0 Å². The second kappa shape index (κ2) is 12.5. The number of hydrogen-bond acceptors (Lipinski definition) is 12. The summed E-state index contributed by atoms with van der Waals surface area (Å²) in [7, 11) is 0. The third kappa shape index (κ3) is 8.57. The van der Waals surface area contributed by atoms with Gasteiger partial charge in [-0.2, -0.15) is 0 Å². The van der Waals surface area contributed by atoms with E-state index < -0.39 is 56.4 Å². The molecule has 9 N–H and O–H groups in total. The SMILES string of the molecule is OCC(O)(CO)CN1CCN(CC(O)(CO)CO)CCN(CC(O)(CO)CO)CC1. The van der Waals surface area contributed by atoms with Crippen LogP contribution < -0.4 is 0 Å². The lowest BCUT2D eigenvalue weighted by atomic mass is 10.1. The highest BCUT2D eigenvalue weighted by Crippen LogP contribution is 2.13. The van der Waals surface area contributed by atoms with Crippen molar-refractivity contribution < 1.29 is 46.0 Å². The zero-order chi connectivity index (χ0) is 22.8. The van der Waals surface area contributed by atoms with Crippen LogP contribution in [-0.4, -0.2) is 176 Å². The molecule has 12 nitrogen and oxygen atoms in total. The zero-order valence-corrected chi connectivity index (χ0v) is 17.5. The first-order valence-electron chi connectivity index (χ1n) is 10.1. The van der Waals surface area contributed by atoms with Gasteiger partial charge in [0, 0.05) is 58.9 Å². The Balaban J connectivity index is 2.98. The first-order valence-corrected chi connectivity index (χ1v) is 10.1. The van der Waals surface area contributed by atoms with Crippen molar-refractivity contribution in [2.45, 2.75) is 16.8 Å². The first-order chi connectivity index (χ1) is 14.1. The van der Waals surface area contributed by atoms with Gasteiger partial charge in [0.05, 0.1) is 39.6 Å².